The minimum Gasteiger partial charge on any atom is -0.346 e. The zero-order valence-corrected chi connectivity index (χ0v) is 17.2. The standard InChI is InChI=1S/C19H15FN4O4S2/c1-29(25,26)19-23-8-12(9-24-19)7-13-10-21-18-16(13)17(15(20)11-22-18)30(27,28)14-5-3-2-4-6-14/h2-6,8-11H,7H2,1H3,(H,21,22). The number of fused-ring (bicyclic) bond motifs is 1. The van der Waals surface area contributed by atoms with Crippen molar-refractivity contribution in [2.24, 2.45) is 0 Å². The lowest BCUT2D eigenvalue weighted by Gasteiger charge is -2.09. The highest BCUT2D eigenvalue weighted by molar-refractivity contribution is 7.91. The van der Waals surface area contributed by atoms with Crippen LogP contribution in [0, 0.1) is 5.82 Å². The van der Waals surface area contributed by atoms with E-state index in [9.17, 15) is 21.2 Å². The number of nitrogens with one attached hydrogen (secondary N) is 1. The molecule has 1 aromatic carbocycles. The smallest absolute Gasteiger partial charge is 0.246 e. The molecule has 4 rings (SSSR count). The average molecular weight is 446 g/mol. The molecule has 4 aromatic rings. The van der Waals surface area contributed by atoms with Gasteiger partial charge in [-0.05, 0) is 23.3 Å². The zero-order chi connectivity index (χ0) is 21.5. The van der Waals surface area contributed by atoms with Crippen molar-refractivity contribution in [3.63, 3.8) is 0 Å². The van der Waals surface area contributed by atoms with Crippen LogP contribution in [0.3, 0.4) is 0 Å². The highest BCUT2D eigenvalue weighted by atomic mass is 32.2. The monoisotopic (exact) mass is 446 g/mol. The molecule has 8 nitrogen and oxygen atoms in total. The SMILES string of the molecule is CS(=O)(=O)c1ncc(Cc2c[nH]c3ncc(F)c(S(=O)(=O)c4ccccc4)c23)cn1. The third-order valence-electron chi connectivity index (χ3n) is 4.42. The maximum atomic E-state index is 14.7. The number of hydrogen-bond acceptors (Lipinski definition) is 7. The lowest BCUT2D eigenvalue weighted by atomic mass is 10.1. The van der Waals surface area contributed by atoms with Gasteiger partial charge in [0.05, 0.1) is 11.1 Å². The van der Waals surface area contributed by atoms with Crippen LogP contribution in [-0.4, -0.2) is 43.0 Å². The first kappa shape index (κ1) is 20.1. The van der Waals surface area contributed by atoms with Crippen LogP contribution in [0.2, 0.25) is 0 Å². The molecule has 0 aliphatic carbocycles. The summed E-state index contributed by atoms with van der Waals surface area (Å²) in [4.78, 5) is 14.0. The summed E-state index contributed by atoms with van der Waals surface area (Å²) in [6, 6.07) is 7.57. The van der Waals surface area contributed by atoms with Crippen molar-refractivity contribution in [3.05, 3.63) is 72.1 Å². The topological polar surface area (TPSA) is 123 Å². The van der Waals surface area contributed by atoms with E-state index in [0.717, 1.165) is 12.5 Å². The Kier molecular flexibility index (Phi) is 4.86. The molecular weight excluding hydrogens is 431 g/mol. The van der Waals surface area contributed by atoms with Crippen molar-refractivity contribution in [1.82, 2.24) is 19.9 Å². The van der Waals surface area contributed by atoms with Gasteiger partial charge < -0.3 is 4.98 Å². The van der Waals surface area contributed by atoms with Crippen molar-refractivity contribution >= 4 is 30.7 Å². The van der Waals surface area contributed by atoms with Crippen LogP contribution in [0.15, 0.2) is 70.1 Å². The second kappa shape index (κ2) is 7.26. The lowest BCUT2D eigenvalue weighted by Crippen LogP contribution is -2.07. The Morgan fingerprint density at radius 1 is 0.967 bits per heavy atom. The van der Waals surface area contributed by atoms with E-state index in [-0.39, 0.29) is 27.5 Å². The number of sulfone groups is 2. The van der Waals surface area contributed by atoms with Crippen molar-refractivity contribution < 1.29 is 21.2 Å². The van der Waals surface area contributed by atoms with Gasteiger partial charge in [0.15, 0.2) is 5.82 Å². The van der Waals surface area contributed by atoms with E-state index in [1.807, 2.05) is 0 Å². The van der Waals surface area contributed by atoms with Gasteiger partial charge in [0, 0.05) is 36.7 Å². The lowest BCUT2D eigenvalue weighted by molar-refractivity contribution is 0.567. The van der Waals surface area contributed by atoms with Gasteiger partial charge in [-0.3, -0.25) is 0 Å². The third-order valence-corrected chi connectivity index (χ3v) is 7.13. The molecule has 0 saturated heterocycles. The summed E-state index contributed by atoms with van der Waals surface area (Å²) >= 11 is 0. The van der Waals surface area contributed by atoms with E-state index in [0.29, 0.717) is 11.1 Å². The van der Waals surface area contributed by atoms with Crippen LogP contribution in [0.5, 0.6) is 0 Å². The van der Waals surface area contributed by atoms with Gasteiger partial charge in [-0.2, -0.15) is 0 Å². The van der Waals surface area contributed by atoms with E-state index in [1.54, 1.807) is 18.2 Å². The highest BCUT2D eigenvalue weighted by Gasteiger charge is 2.27. The van der Waals surface area contributed by atoms with Gasteiger partial charge in [0.2, 0.25) is 24.8 Å². The fourth-order valence-corrected chi connectivity index (χ4v) is 5.12. The molecule has 0 amide bonds. The molecule has 0 fully saturated rings. The second-order valence-electron chi connectivity index (χ2n) is 6.61. The molecule has 0 spiro atoms. The van der Waals surface area contributed by atoms with Gasteiger partial charge in [-0.25, -0.2) is 36.2 Å². The number of nitrogens with zero attached hydrogens (tertiary/aromatic N) is 3. The maximum Gasteiger partial charge on any atom is 0.246 e. The number of rotatable bonds is 5. The molecule has 0 aliphatic rings. The Bertz CT molecular complexity index is 1450. The Morgan fingerprint density at radius 2 is 1.63 bits per heavy atom. The minimum absolute atomic E-state index is 0.0376. The third kappa shape index (κ3) is 3.57. The number of aromatic nitrogens is 4. The number of halogens is 1. The first-order valence-electron chi connectivity index (χ1n) is 8.63. The maximum absolute atomic E-state index is 14.7. The number of aromatic amines is 1. The number of pyridine rings is 1. The highest BCUT2D eigenvalue weighted by Crippen LogP contribution is 2.32. The summed E-state index contributed by atoms with van der Waals surface area (Å²) in [6.45, 7) is 0. The number of hydrogen-bond donors (Lipinski definition) is 1. The van der Waals surface area contributed by atoms with Crippen molar-refractivity contribution in [2.75, 3.05) is 6.26 Å². The summed E-state index contributed by atoms with van der Waals surface area (Å²) in [5.41, 5.74) is 1.20. The molecule has 3 heterocycles. The first-order chi connectivity index (χ1) is 14.2. The molecule has 3 aromatic heterocycles. The fourth-order valence-electron chi connectivity index (χ4n) is 3.07. The van der Waals surface area contributed by atoms with Gasteiger partial charge in [0.25, 0.3) is 0 Å². The molecule has 0 saturated carbocycles. The van der Waals surface area contributed by atoms with Crippen LogP contribution in [0.1, 0.15) is 11.1 Å². The van der Waals surface area contributed by atoms with Crippen molar-refractivity contribution in [3.8, 4) is 0 Å². The Labute approximate surface area is 171 Å². The molecule has 0 radical (unpaired) electrons. The normalized spacial score (nSPS) is 12.3. The second-order valence-corrected chi connectivity index (χ2v) is 10.4. The van der Waals surface area contributed by atoms with Gasteiger partial charge >= 0.3 is 0 Å². The van der Waals surface area contributed by atoms with E-state index in [4.69, 9.17) is 0 Å². The predicted molar refractivity (Wildman–Crippen MR) is 106 cm³/mol. The average Bonchev–Trinajstić information content (AvgIpc) is 3.10. The molecular formula is C19H15FN4O4S2. The van der Waals surface area contributed by atoms with Gasteiger partial charge in [-0.15, -0.1) is 0 Å². The van der Waals surface area contributed by atoms with Crippen molar-refractivity contribution in [1.29, 1.82) is 0 Å². The summed E-state index contributed by atoms with van der Waals surface area (Å²) < 4.78 is 64.1. The van der Waals surface area contributed by atoms with Gasteiger partial charge in [-0.1, -0.05) is 18.2 Å². The zero-order valence-electron chi connectivity index (χ0n) is 15.6. The van der Waals surface area contributed by atoms with E-state index in [2.05, 4.69) is 19.9 Å². The Morgan fingerprint density at radius 3 is 2.27 bits per heavy atom. The number of H-pyrrole nitrogens is 1. The molecule has 0 unspecified atom stereocenters. The van der Waals surface area contributed by atoms with E-state index < -0.39 is 30.4 Å². The van der Waals surface area contributed by atoms with Crippen LogP contribution in [-0.2, 0) is 26.1 Å². The molecule has 30 heavy (non-hydrogen) atoms. The largest absolute Gasteiger partial charge is 0.346 e. The van der Waals surface area contributed by atoms with Crippen molar-refractivity contribution in [2.45, 2.75) is 21.4 Å². The molecule has 0 atom stereocenters. The quantitative estimate of drug-likeness (QED) is 0.467. The minimum atomic E-state index is -4.15. The molecule has 0 aliphatic heterocycles. The molecule has 1 N–H and O–H groups in total. The Balaban J connectivity index is 1.85. The predicted octanol–water partition coefficient (Wildman–Crippen LogP) is 2.32. The van der Waals surface area contributed by atoms with Gasteiger partial charge in [0.1, 0.15) is 10.5 Å². The fraction of sp³-hybridized carbons (Fsp3) is 0.105. The summed E-state index contributed by atoms with van der Waals surface area (Å²) in [7, 11) is -7.70. The molecule has 154 valence electrons. The summed E-state index contributed by atoms with van der Waals surface area (Å²) in [5, 5.41) is -0.184. The number of benzene rings is 1. The summed E-state index contributed by atoms with van der Waals surface area (Å²) in [5.74, 6) is -0.962. The molecule has 11 heteroatoms. The molecule has 0 bridgehead atoms. The summed E-state index contributed by atoms with van der Waals surface area (Å²) in [6.07, 6.45) is 6.21. The Hall–Kier alpha value is -3.18. The van der Waals surface area contributed by atoms with E-state index in [1.165, 1.54) is 30.7 Å². The first-order valence-corrected chi connectivity index (χ1v) is 12.0. The van der Waals surface area contributed by atoms with E-state index >= 15 is 0 Å². The van der Waals surface area contributed by atoms with Crippen LogP contribution < -0.4 is 0 Å². The van der Waals surface area contributed by atoms with Crippen LogP contribution in [0.25, 0.3) is 11.0 Å². The van der Waals surface area contributed by atoms with Crippen LogP contribution in [0.4, 0.5) is 4.39 Å². The van der Waals surface area contributed by atoms with Crippen LogP contribution >= 0.6 is 0 Å².